The van der Waals surface area contributed by atoms with Gasteiger partial charge in [0.1, 0.15) is 6.33 Å². The predicted molar refractivity (Wildman–Crippen MR) is 71.8 cm³/mol. The van der Waals surface area contributed by atoms with Crippen molar-refractivity contribution in [2.45, 2.75) is 19.5 Å². The summed E-state index contributed by atoms with van der Waals surface area (Å²) in [6.07, 6.45) is 2.04. The maximum Gasteiger partial charge on any atom is 0.224 e. The number of carbonyl (C=O) groups is 1. The van der Waals surface area contributed by atoms with Crippen LogP contribution in [-0.4, -0.2) is 34.4 Å². The Morgan fingerprint density at radius 2 is 2.47 bits per heavy atom. The second-order valence-corrected chi connectivity index (χ2v) is 4.80. The molecule has 0 saturated carbocycles. The lowest BCUT2D eigenvalue weighted by Gasteiger charge is -2.07. The fourth-order valence-electron chi connectivity index (χ4n) is 1.61. The molecule has 0 spiro atoms. The minimum absolute atomic E-state index is 0.0142. The maximum atomic E-state index is 11.7. The normalized spacial score (nSPS) is 10.6. The van der Waals surface area contributed by atoms with Gasteiger partial charge in [0.15, 0.2) is 5.82 Å². The predicted octanol–water partition coefficient (Wildman–Crippen LogP) is 0.845. The number of nitrogens with one attached hydrogen (secondary N) is 1. The summed E-state index contributed by atoms with van der Waals surface area (Å²) in [7, 11) is 1.65. The number of nitrogens with zero attached hydrogens (tertiary/aromatic N) is 3. The Morgan fingerprint density at radius 3 is 3.21 bits per heavy atom. The van der Waals surface area contributed by atoms with Crippen LogP contribution in [0.15, 0.2) is 23.2 Å². The van der Waals surface area contributed by atoms with Crippen LogP contribution < -0.4 is 5.32 Å². The van der Waals surface area contributed by atoms with E-state index in [-0.39, 0.29) is 5.91 Å². The molecule has 2 aromatic rings. The second kappa shape index (κ2) is 7.01. The molecular formula is C12H16N4O2S. The highest BCUT2D eigenvalue weighted by Crippen LogP contribution is 2.06. The van der Waals surface area contributed by atoms with E-state index in [1.807, 2.05) is 21.4 Å². The number of amides is 1. The Kier molecular flexibility index (Phi) is 5.05. The molecule has 0 fully saturated rings. The van der Waals surface area contributed by atoms with Gasteiger partial charge in [-0.25, -0.2) is 0 Å². The summed E-state index contributed by atoms with van der Waals surface area (Å²) in [5.41, 5.74) is 1.03. The largest absolute Gasteiger partial charge is 0.383 e. The van der Waals surface area contributed by atoms with E-state index in [0.717, 1.165) is 11.4 Å². The lowest BCUT2D eigenvalue weighted by molar-refractivity contribution is -0.120. The Bertz CT molecular complexity index is 510. The summed E-state index contributed by atoms with van der Waals surface area (Å²) in [4.78, 5) is 11.7. The third-order valence-corrected chi connectivity index (χ3v) is 3.35. The van der Waals surface area contributed by atoms with Crippen LogP contribution in [-0.2, 0) is 29.0 Å². The monoisotopic (exact) mass is 280 g/mol. The minimum Gasteiger partial charge on any atom is -0.383 e. The molecular weight excluding hydrogens is 264 g/mol. The number of methoxy groups -OCH3 is 1. The topological polar surface area (TPSA) is 69.0 Å². The molecule has 0 aromatic carbocycles. The van der Waals surface area contributed by atoms with Crippen molar-refractivity contribution >= 4 is 17.2 Å². The van der Waals surface area contributed by atoms with Crippen molar-refractivity contribution in [3.05, 3.63) is 34.5 Å². The number of ether oxygens (including phenoxy) is 1. The highest BCUT2D eigenvalue weighted by atomic mass is 32.1. The first kappa shape index (κ1) is 13.7. The van der Waals surface area contributed by atoms with E-state index < -0.39 is 0 Å². The van der Waals surface area contributed by atoms with Gasteiger partial charge in [-0.1, -0.05) is 0 Å². The zero-order valence-electron chi connectivity index (χ0n) is 10.7. The molecule has 0 radical (unpaired) electrons. The van der Waals surface area contributed by atoms with E-state index in [9.17, 15) is 4.79 Å². The standard InChI is InChI=1S/C12H16N4O2S/c1-18-4-3-16-9-14-15-11(16)7-13-12(17)6-10-2-5-19-8-10/h2,5,8-9H,3-4,6-7H2,1H3,(H,13,17). The summed E-state index contributed by atoms with van der Waals surface area (Å²) >= 11 is 1.59. The number of rotatable bonds is 7. The van der Waals surface area contributed by atoms with Crippen molar-refractivity contribution in [1.82, 2.24) is 20.1 Å². The average Bonchev–Trinajstić information content (AvgIpc) is 3.05. The minimum atomic E-state index is -0.0142. The van der Waals surface area contributed by atoms with Gasteiger partial charge in [0.25, 0.3) is 0 Å². The molecule has 2 rings (SSSR count). The summed E-state index contributed by atoms with van der Waals surface area (Å²) in [6.45, 7) is 1.65. The molecule has 0 bridgehead atoms. The van der Waals surface area contributed by atoms with Gasteiger partial charge in [-0.3, -0.25) is 4.79 Å². The SMILES string of the molecule is COCCn1cnnc1CNC(=O)Cc1ccsc1. The molecule has 2 heterocycles. The van der Waals surface area contributed by atoms with Crippen LogP contribution in [0.1, 0.15) is 11.4 Å². The van der Waals surface area contributed by atoms with Gasteiger partial charge in [0, 0.05) is 13.7 Å². The van der Waals surface area contributed by atoms with Crippen molar-refractivity contribution in [3.63, 3.8) is 0 Å². The maximum absolute atomic E-state index is 11.7. The fourth-order valence-corrected chi connectivity index (χ4v) is 2.28. The van der Waals surface area contributed by atoms with Gasteiger partial charge in [-0.2, -0.15) is 11.3 Å². The van der Waals surface area contributed by atoms with Gasteiger partial charge >= 0.3 is 0 Å². The summed E-state index contributed by atoms with van der Waals surface area (Å²) < 4.78 is 6.87. The molecule has 0 aliphatic rings. The number of aromatic nitrogens is 3. The van der Waals surface area contributed by atoms with Gasteiger partial charge < -0.3 is 14.6 Å². The lowest BCUT2D eigenvalue weighted by atomic mass is 10.2. The average molecular weight is 280 g/mol. The second-order valence-electron chi connectivity index (χ2n) is 4.02. The molecule has 2 aromatic heterocycles. The zero-order valence-corrected chi connectivity index (χ0v) is 11.5. The zero-order chi connectivity index (χ0) is 13.5. The van der Waals surface area contributed by atoms with Crippen LogP contribution in [0, 0.1) is 0 Å². The third kappa shape index (κ3) is 4.15. The van der Waals surface area contributed by atoms with Crippen molar-refractivity contribution in [2.75, 3.05) is 13.7 Å². The first-order valence-corrected chi connectivity index (χ1v) is 6.87. The number of hydrogen-bond donors (Lipinski definition) is 1. The molecule has 1 amide bonds. The van der Waals surface area contributed by atoms with Crippen molar-refractivity contribution in [3.8, 4) is 0 Å². The van der Waals surface area contributed by atoms with Crippen molar-refractivity contribution < 1.29 is 9.53 Å². The Balaban J connectivity index is 1.81. The van der Waals surface area contributed by atoms with Crippen molar-refractivity contribution in [1.29, 1.82) is 0 Å². The van der Waals surface area contributed by atoms with E-state index in [1.54, 1.807) is 24.8 Å². The molecule has 1 N–H and O–H groups in total. The lowest BCUT2D eigenvalue weighted by Crippen LogP contribution is -2.26. The molecule has 7 heteroatoms. The molecule has 19 heavy (non-hydrogen) atoms. The van der Waals surface area contributed by atoms with Crippen molar-refractivity contribution in [2.24, 2.45) is 0 Å². The third-order valence-electron chi connectivity index (χ3n) is 2.62. The van der Waals surface area contributed by atoms with E-state index in [0.29, 0.717) is 26.1 Å². The number of thiophene rings is 1. The summed E-state index contributed by atoms with van der Waals surface area (Å²) in [6, 6.07) is 1.95. The van der Waals surface area contributed by atoms with Gasteiger partial charge in [0.05, 0.1) is 19.6 Å². The Hall–Kier alpha value is -1.73. The molecule has 0 aliphatic carbocycles. The van der Waals surface area contributed by atoms with Gasteiger partial charge in [0.2, 0.25) is 5.91 Å². The summed E-state index contributed by atoms with van der Waals surface area (Å²) in [5.74, 6) is 0.718. The van der Waals surface area contributed by atoms with Crippen LogP contribution in [0.5, 0.6) is 0 Å². The van der Waals surface area contributed by atoms with Gasteiger partial charge in [-0.15, -0.1) is 10.2 Å². The van der Waals surface area contributed by atoms with E-state index in [4.69, 9.17) is 4.74 Å². The number of carbonyl (C=O) groups excluding carboxylic acids is 1. The molecule has 0 atom stereocenters. The van der Waals surface area contributed by atoms with Crippen LogP contribution in [0.3, 0.4) is 0 Å². The highest BCUT2D eigenvalue weighted by Gasteiger charge is 2.07. The van der Waals surface area contributed by atoms with E-state index >= 15 is 0 Å². The molecule has 6 nitrogen and oxygen atoms in total. The van der Waals surface area contributed by atoms with Crippen LogP contribution in [0.25, 0.3) is 0 Å². The Morgan fingerprint density at radius 1 is 1.58 bits per heavy atom. The quantitative estimate of drug-likeness (QED) is 0.816. The molecule has 102 valence electrons. The Labute approximate surface area is 115 Å². The molecule has 0 saturated heterocycles. The van der Waals surface area contributed by atoms with E-state index in [1.165, 1.54) is 0 Å². The highest BCUT2D eigenvalue weighted by molar-refractivity contribution is 7.07. The molecule has 0 aliphatic heterocycles. The van der Waals surface area contributed by atoms with Crippen LogP contribution in [0.4, 0.5) is 0 Å². The fraction of sp³-hybridized carbons (Fsp3) is 0.417. The number of hydrogen-bond acceptors (Lipinski definition) is 5. The van der Waals surface area contributed by atoms with Gasteiger partial charge in [-0.05, 0) is 22.4 Å². The first-order valence-electron chi connectivity index (χ1n) is 5.93. The van der Waals surface area contributed by atoms with Crippen LogP contribution >= 0.6 is 11.3 Å². The summed E-state index contributed by atoms with van der Waals surface area (Å²) in [5, 5.41) is 14.6. The first-order chi connectivity index (χ1) is 9.29. The van der Waals surface area contributed by atoms with E-state index in [2.05, 4.69) is 15.5 Å². The smallest absolute Gasteiger partial charge is 0.224 e. The van der Waals surface area contributed by atoms with Crippen LogP contribution in [0.2, 0.25) is 0 Å². The molecule has 0 unspecified atom stereocenters.